The van der Waals surface area contributed by atoms with Crippen molar-refractivity contribution in [2.24, 2.45) is 11.7 Å². The predicted octanol–water partition coefficient (Wildman–Crippen LogP) is 3.00. The van der Waals surface area contributed by atoms with Crippen LogP contribution < -0.4 is 11.1 Å². The van der Waals surface area contributed by atoms with Crippen LogP contribution in [0.2, 0.25) is 0 Å². The maximum Gasteiger partial charge on any atom is 0.227 e. The molecule has 0 saturated heterocycles. The Labute approximate surface area is 114 Å². The number of nitrogens with two attached hydrogens (primary N) is 1. The number of carbonyl (C=O) groups excluding carboxylic acids is 1. The topological polar surface area (TPSA) is 55.1 Å². The average molecular weight is 264 g/mol. The van der Waals surface area contributed by atoms with Crippen molar-refractivity contribution in [1.82, 2.24) is 0 Å². The number of hydrogen-bond acceptors (Lipinski definition) is 2. The quantitative estimate of drug-likeness (QED) is 0.804. The fraction of sp³-hybridized carbons (Fsp3) is 0.429. The van der Waals surface area contributed by atoms with Crippen molar-refractivity contribution < 1.29 is 4.79 Å². The van der Waals surface area contributed by atoms with Crippen molar-refractivity contribution in [3.8, 4) is 0 Å². The first-order valence-corrected chi connectivity index (χ1v) is 6.57. The fourth-order valence-electron chi connectivity index (χ4n) is 1.73. The van der Waals surface area contributed by atoms with E-state index in [1.165, 1.54) is 0 Å². The molecule has 0 heterocycles. The van der Waals surface area contributed by atoms with Gasteiger partial charge in [-0.25, -0.2) is 0 Å². The monoisotopic (exact) mass is 264 g/mol. The molecule has 1 aromatic rings. The van der Waals surface area contributed by atoms with Crippen molar-refractivity contribution >= 4 is 28.8 Å². The van der Waals surface area contributed by atoms with Crippen LogP contribution in [-0.2, 0) is 4.79 Å². The van der Waals surface area contributed by atoms with Crippen molar-refractivity contribution in [1.29, 1.82) is 0 Å². The molecule has 0 spiro atoms. The van der Waals surface area contributed by atoms with Crippen LogP contribution in [0.5, 0.6) is 0 Å². The minimum Gasteiger partial charge on any atom is -0.389 e. The largest absolute Gasteiger partial charge is 0.389 e. The van der Waals surface area contributed by atoms with E-state index in [1.807, 2.05) is 32.0 Å². The highest BCUT2D eigenvalue weighted by molar-refractivity contribution is 7.80. The minimum atomic E-state index is 0.0166. The van der Waals surface area contributed by atoms with E-state index < -0.39 is 0 Å². The summed E-state index contributed by atoms with van der Waals surface area (Å²) >= 11 is 4.94. The number of anilines is 1. The Morgan fingerprint density at radius 1 is 1.50 bits per heavy atom. The molecule has 0 bridgehead atoms. The molecule has 1 atom stereocenters. The van der Waals surface area contributed by atoms with Crippen LogP contribution >= 0.6 is 12.2 Å². The first kappa shape index (κ1) is 14.6. The maximum absolute atomic E-state index is 12.0. The van der Waals surface area contributed by atoms with Crippen LogP contribution in [0.1, 0.15) is 37.8 Å². The number of thiocarbonyl (C=S) groups is 1. The predicted molar refractivity (Wildman–Crippen MR) is 79.8 cm³/mol. The van der Waals surface area contributed by atoms with Gasteiger partial charge in [0.05, 0.1) is 0 Å². The Hall–Kier alpha value is -1.42. The van der Waals surface area contributed by atoms with E-state index in [1.54, 1.807) is 0 Å². The lowest BCUT2D eigenvalue weighted by Gasteiger charge is -2.14. The molecule has 0 aromatic heterocycles. The van der Waals surface area contributed by atoms with Gasteiger partial charge in [-0.15, -0.1) is 0 Å². The minimum absolute atomic E-state index is 0.0166. The summed E-state index contributed by atoms with van der Waals surface area (Å²) in [5.41, 5.74) is 8.15. The van der Waals surface area contributed by atoms with E-state index in [9.17, 15) is 4.79 Å². The molecule has 0 radical (unpaired) electrons. The van der Waals surface area contributed by atoms with Crippen LogP contribution in [0.25, 0.3) is 0 Å². The van der Waals surface area contributed by atoms with Crippen LogP contribution in [0, 0.1) is 12.8 Å². The zero-order valence-electron chi connectivity index (χ0n) is 11.1. The molecule has 0 aliphatic rings. The SMILES string of the molecule is CCCC(C)C(=O)Nc1cc(C(N)=S)ccc1C. The van der Waals surface area contributed by atoms with Crippen molar-refractivity contribution in [3.05, 3.63) is 29.3 Å². The van der Waals surface area contributed by atoms with Crippen molar-refractivity contribution in [3.63, 3.8) is 0 Å². The van der Waals surface area contributed by atoms with Gasteiger partial charge >= 0.3 is 0 Å². The van der Waals surface area contributed by atoms with Gasteiger partial charge in [0, 0.05) is 17.2 Å². The highest BCUT2D eigenvalue weighted by atomic mass is 32.1. The molecule has 1 amide bonds. The summed E-state index contributed by atoms with van der Waals surface area (Å²) < 4.78 is 0. The Morgan fingerprint density at radius 2 is 2.17 bits per heavy atom. The molecule has 0 saturated carbocycles. The molecule has 98 valence electrons. The molecule has 0 aliphatic heterocycles. The third kappa shape index (κ3) is 3.81. The second-order valence-electron chi connectivity index (χ2n) is 4.57. The van der Waals surface area contributed by atoms with Gasteiger partial charge in [0.1, 0.15) is 4.99 Å². The fourth-order valence-corrected chi connectivity index (χ4v) is 1.86. The Bertz CT molecular complexity index is 457. The van der Waals surface area contributed by atoms with Gasteiger partial charge in [-0.05, 0) is 25.0 Å². The molecule has 0 fully saturated rings. The van der Waals surface area contributed by atoms with Crippen LogP contribution in [0.15, 0.2) is 18.2 Å². The van der Waals surface area contributed by atoms with E-state index in [0.717, 1.165) is 29.7 Å². The van der Waals surface area contributed by atoms with Crippen LogP contribution in [0.3, 0.4) is 0 Å². The lowest BCUT2D eigenvalue weighted by Crippen LogP contribution is -2.21. The zero-order valence-corrected chi connectivity index (χ0v) is 11.9. The molecule has 4 heteroatoms. The number of amides is 1. The van der Waals surface area contributed by atoms with E-state index in [2.05, 4.69) is 12.2 Å². The summed E-state index contributed by atoms with van der Waals surface area (Å²) in [6, 6.07) is 5.60. The number of carbonyl (C=O) groups is 1. The van der Waals surface area contributed by atoms with E-state index >= 15 is 0 Å². The Kier molecular flexibility index (Phi) is 5.28. The summed E-state index contributed by atoms with van der Waals surface area (Å²) in [5.74, 6) is 0.0583. The number of hydrogen-bond donors (Lipinski definition) is 2. The normalized spacial score (nSPS) is 11.9. The summed E-state index contributed by atoms with van der Waals surface area (Å²) in [5, 5.41) is 2.94. The van der Waals surface area contributed by atoms with Gasteiger partial charge in [0.25, 0.3) is 0 Å². The Balaban J connectivity index is 2.86. The molecule has 1 rings (SSSR count). The summed E-state index contributed by atoms with van der Waals surface area (Å²) in [6.45, 7) is 5.96. The van der Waals surface area contributed by atoms with Gasteiger partial charge < -0.3 is 11.1 Å². The first-order chi connectivity index (χ1) is 8.45. The van der Waals surface area contributed by atoms with Gasteiger partial charge in [-0.2, -0.15) is 0 Å². The first-order valence-electron chi connectivity index (χ1n) is 6.17. The van der Waals surface area contributed by atoms with Gasteiger partial charge in [-0.1, -0.05) is 44.6 Å². The molecule has 3 nitrogen and oxygen atoms in total. The van der Waals surface area contributed by atoms with Gasteiger partial charge in [0.2, 0.25) is 5.91 Å². The van der Waals surface area contributed by atoms with Gasteiger partial charge in [0.15, 0.2) is 0 Å². The molecule has 3 N–H and O–H groups in total. The summed E-state index contributed by atoms with van der Waals surface area (Å²) in [6.07, 6.45) is 1.89. The summed E-state index contributed by atoms with van der Waals surface area (Å²) in [7, 11) is 0. The van der Waals surface area contributed by atoms with E-state index in [0.29, 0.717) is 4.99 Å². The number of benzene rings is 1. The van der Waals surface area contributed by atoms with E-state index in [4.69, 9.17) is 18.0 Å². The second kappa shape index (κ2) is 6.50. The lowest BCUT2D eigenvalue weighted by molar-refractivity contribution is -0.119. The molecular formula is C14H20N2OS. The summed E-state index contributed by atoms with van der Waals surface area (Å²) in [4.78, 5) is 12.3. The number of rotatable bonds is 5. The third-order valence-corrected chi connectivity index (χ3v) is 3.18. The van der Waals surface area contributed by atoms with Crippen LogP contribution in [0.4, 0.5) is 5.69 Å². The zero-order chi connectivity index (χ0) is 13.7. The molecule has 1 aromatic carbocycles. The number of nitrogens with one attached hydrogen (secondary N) is 1. The van der Waals surface area contributed by atoms with Crippen molar-refractivity contribution in [2.45, 2.75) is 33.6 Å². The lowest BCUT2D eigenvalue weighted by atomic mass is 10.0. The van der Waals surface area contributed by atoms with Gasteiger partial charge in [-0.3, -0.25) is 4.79 Å². The molecular weight excluding hydrogens is 244 g/mol. The average Bonchev–Trinajstić information content (AvgIpc) is 2.31. The standard InChI is InChI=1S/C14H20N2OS/c1-4-5-10(3)14(17)16-12-8-11(13(15)18)7-6-9(12)2/h6-8,10H,4-5H2,1-3H3,(H2,15,18)(H,16,17). The Morgan fingerprint density at radius 3 is 2.72 bits per heavy atom. The smallest absolute Gasteiger partial charge is 0.227 e. The molecule has 0 aliphatic carbocycles. The third-order valence-electron chi connectivity index (χ3n) is 2.95. The van der Waals surface area contributed by atoms with Crippen LogP contribution in [-0.4, -0.2) is 10.9 Å². The highest BCUT2D eigenvalue weighted by Crippen LogP contribution is 2.18. The highest BCUT2D eigenvalue weighted by Gasteiger charge is 2.13. The second-order valence-corrected chi connectivity index (χ2v) is 5.01. The van der Waals surface area contributed by atoms with E-state index in [-0.39, 0.29) is 11.8 Å². The molecule has 1 unspecified atom stereocenters. The molecule has 18 heavy (non-hydrogen) atoms. The van der Waals surface area contributed by atoms with Crippen molar-refractivity contribution in [2.75, 3.05) is 5.32 Å². The maximum atomic E-state index is 12.0. The number of aryl methyl sites for hydroxylation is 1.